The van der Waals surface area contributed by atoms with Gasteiger partial charge in [-0.3, -0.25) is 9.36 Å². The second-order valence-electron chi connectivity index (χ2n) is 4.68. The summed E-state index contributed by atoms with van der Waals surface area (Å²) in [4.78, 5) is 27.2. The molecule has 1 aliphatic heterocycles. The Morgan fingerprint density at radius 3 is 2.74 bits per heavy atom. The molecule has 2 heterocycles. The van der Waals surface area contributed by atoms with Crippen molar-refractivity contribution in [2.24, 2.45) is 0 Å². The topological polar surface area (TPSA) is 75.1 Å². The number of aromatic hydroxyl groups is 1. The number of hydrogen-bond donors (Lipinski definition) is 2. The number of benzene rings is 1. The highest BCUT2D eigenvalue weighted by Gasteiger charge is 2.20. The number of aromatic amines is 1. The van der Waals surface area contributed by atoms with E-state index in [1.165, 1.54) is 16.7 Å². The minimum Gasteiger partial charge on any atom is -0.508 e. The van der Waals surface area contributed by atoms with Crippen LogP contribution in [0, 0.1) is 0 Å². The molecule has 0 unspecified atom stereocenters. The van der Waals surface area contributed by atoms with E-state index >= 15 is 0 Å². The van der Waals surface area contributed by atoms with Crippen LogP contribution in [-0.2, 0) is 0 Å². The van der Waals surface area contributed by atoms with Gasteiger partial charge in [0.15, 0.2) is 0 Å². The van der Waals surface area contributed by atoms with E-state index < -0.39 is 0 Å². The maximum absolute atomic E-state index is 12.4. The largest absolute Gasteiger partial charge is 0.508 e. The fraction of sp³-hybridized carbons (Fsp3) is 0.385. The van der Waals surface area contributed by atoms with Gasteiger partial charge in [0.1, 0.15) is 5.75 Å². The van der Waals surface area contributed by atoms with Crippen molar-refractivity contribution >= 4 is 22.7 Å². The van der Waals surface area contributed by atoms with Gasteiger partial charge >= 0.3 is 5.69 Å². The zero-order valence-corrected chi connectivity index (χ0v) is 11.1. The predicted octanol–water partition coefficient (Wildman–Crippen LogP) is 1.46. The fourth-order valence-corrected chi connectivity index (χ4v) is 3.58. The molecule has 0 atom stereocenters. The van der Waals surface area contributed by atoms with Gasteiger partial charge in [0.2, 0.25) is 0 Å². The molecule has 1 aromatic carbocycles. The summed E-state index contributed by atoms with van der Waals surface area (Å²) in [5.41, 5.74) is -0.271. The van der Waals surface area contributed by atoms with Crippen molar-refractivity contribution in [2.45, 2.75) is 18.9 Å². The summed E-state index contributed by atoms with van der Waals surface area (Å²) in [6.07, 6.45) is 1.69. The number of aromatic nitrogens is 2. The van der Waals surface area contributed by atoms with Gasteiger partial charge in [0, 0.05) is 12.1 Å². The molecule has 1 saturated heterocycles. The lowest BCUT2D eigenvalue weighted by atomic mass is 10.1. The molecule has 2 aromatic rings. The first kappa shape index (κ1) is 12.3. The molecular weight excluding hydrogens is 264 g/mol. The molecule has 0 saturated carbocycles. The summed E-state index contributed by atoms with van der Waals surface area (Å²) in [6.45, 7) is 0. The van der Waals surface area contributed by atoms with Crippen molar-refractivity contribution in [2.75, 3.05) is 11.5 Å². The van der Waals surface area contributed by atoms with Crippen LogP contribution < -0.4 is 11.2 Å². The van der Waals surface area contributed by atoms with E-state index in [1.54, 1.807) is 6.07 Å². The van der Waals surface area contributed by atoms with Crippen molar-refractivity contribution in [1.29, 1.82) is 0 Å². The molecule has 0 radical (unpaired) electrons. The van der Waals surface area contributed by atoms with E-state index in [9.17, 15) is 14.7 Å². The van der Waals surface area contributed by atoms with Crippen molar-refractivity contribution < 1.29 is 5.11 Å². The summed E-state index contributed by atoms with van der Waals surface area (Å²) in [5, 5.41) is 9.84. The van der Waals surface area contributed by atoms with Crippen LogP contribution in [0.15, 0.2) is 27.8 Å². The molecule has 1 aromatic heterocycles. The minimum atomic E-state index is -0.389. The number of fused-ring (bicyclic) bond motifs is 1. The number of H-pyrrole nitrogens is 1. The standard InChI is InChI=1S/C13H14N2O3S/c16-9-1-2-10-11(7-9)14-13(18)15(12(10)17)8-3-5-19-6-4-8/h1-2,7-8,16H,3-6H2,(H,14,18). The van der Waals surface area contributed by atoms with Crippen LogP contribution in [0.5, 0.6) is 5.75 Å². The molecular formula is C13H14N2O3S. The first-order chi connectivity index (χ1) is 9.16. The fourth-order valence-electron chi connectivity index (χ4n) is 2.49. The molecule has 1 fully saturated rings. The van der Waals surface area contributed by atoms with Gasteiger partial charge in [-0.05, 0) is 36.5 Å². The number of nitrogens with zero attached hydrogens (tertiary/aromatic N) is 1. The van der Waals surface area contributed by atoms with Crippen molar-refractivity contribution in [3.05, 3.63) is 39.0 Å². The molecule has 2 N–H and O–H groups in total. The average Bonchev–Trinajstić information content (AvgIpc) is 2.39. The van der Waals surface area contributed by atoms with Gasteiger partial charge in [-0.2, -0.15) is 11.8 Å². The van der Waals surface area contributed by atoms with E-state index in [4.69, 9.17) is 0 Å². The maximum atomic E-state index is 12.4. The molecule has 19 heavy (non-hydrogen) atoms. The lowest BCUT2D eigenvalue weighted by molar-refractivity contribution is 0.440. The van der Waals surface area contributed by atoms with Gasteiger partial charge in [-0.25, -0.2) is 4.79 Å². The minimum absolute atomic E-state index is 0.0179. The monoisotopic (exact) mass is 278 g/mol. The summed E-state index contributed by atoms with van der Waals surface area (Å²) >= 11 is 1.85. The second-order valence-corrected chi connectivity index (χ2v) is 5.90. The number of rotatable bonds is 1. The molecule has 0 bridgehead atoms. The van der Waals surface area contributed by atoms with Crippen LogP contribution in [0.3, 0.4) is 0 Å². The number of nitrogens with one attached hydrogen (secondary N) is 1. The third-order valence-electron chi connectivity index (χ3n) is 3.47. The van der Waals surface area contributed by atoms with E-state index in [0.717, 1.165) is 24.3 Å². The zero-order valence-electron chi connectivity index (χ0n) is 10.3. The highest BCUT2D eigenvalue weighted by molar-refractivity contribution is 7.99. The first-order valence-electron chi connectivity index (χ1n) is 6.22. The quantitative estimate of drug-likeness (QED) is 0.828. The molecule has 100 valence electrons. The Bertz CT molecular complexity index is 729. The molecule has 6 heteroatoms. The Morgan fingerprint density at radius 2 is 2.00 bits per heavy atom. The Labute approximate surface area is 113 Å². The highest BCUT2D eigenvalue weighted by Crippen LogP contribution is 2.25. The summed E-state index contributed by atoms with van der Waals surface area (Å²) in [5.74, 6) is 1.99. The van der Waals surface area contributed by atoms with Crippen LogP contribution >= 0.6 is 11.8 Å². The van der Waals surface area contributed by atoms with Crippen molar-refractivity contribution in [3.8, 4) is 5.75 Å². The smallest absolute Gasteiger partial charge is 0.329 e. The Balaban J connectivity index is 2.22. The third kappa shape index (κ3) is 2.16. The van der Waals surface area contributed by atoms with Crippen LogP contribution in [0.4, 0.5) is 0 Å². The van der Waals surface area contributed by atoms with Gasteiger partial charge in [-0.15, -0.1) is 0 Å². The molecule has 3 rings (SSSR count). The maximum Gasteiger partial charge on any atom is 0.329 e. The van der Waals surface area contributed by atoms with Gasteiger partial charge < -0.3 is 10.1 Å². The number of hydrogen-bond acceptors (Lipinski definition) is 4. The van der Waals surface area contributed by atoms with Crippen LogP contribution in [-0.4, -0.2) is 26.2 Å². The van der Waals surface area contributed by atoms with E-state index in [2.05, 4.69) is 4.98 Å². The van der Waals surface area contributed by atoms with Crippen LogP contribution in [0.25, 0.3) is 10.9 Å². The molecule has 5 nitrogen and oxygen atoms in total. The molecule has 0 amide bonds. The number of phenols is 1. The van der Waals surface area contributed by atoms with Crippen molar-refractivity contribution in [3.63, 3.8) is 0 Å². The molecule has 0 spiro atoms. The normalized spacial score (nSPS) is 16.8. The molecule has 1 aliphatic rings. The average molecular weight is 278 g/mol. The van der Waals surface area contributed by atoms with E-state index in [0.29, 0.717) is 10.9 Å². The van der Waals surface area contributed by atoms with E-state index in [-0.39, 0.29) is 23.0 Å². The summed E-state index contributed by atoms with van der Waals surface area (Å²) < 4.78 is 1.33. The SMILES string of the molecule is O=c1[nH]c2cc(O)ccc2c(=O)n1C1CCSCC1. The Kier molecular flexibility index (Phi) is 3.10. The Morgan fingerprint density at radius 1 is 1.26 bits per heavy atom. The van der Waals surface area contributed by atoms with Gasteiger partial charge in [0.05, 0.1) is 10.9 Å². The van der Waals surface area contributed by atoms with Crippen LogP contribution in [0.1, 0.15) is 18.9 Å². The predicted molar refractivity (Wildman–Crippen MR) is 76.1 cm³/mol. The van der Waals surface area contributed by atoms with E-state index in [1.807, 2.05) is 11.8 Å². The summed E-state index contributed by atoms with van der Waals surface area (Å²) in [7, 11) is 0. The van der Waals surface area contributed by atoms with Gasteiger partial charge in [0.25, 0.3) is 5.56 Å². The summed E-state index contributed by atoms with van der Waals surface area (Å²) in [6, 6.07) is 4.40. The third-order valence-corrected chi connectivity index (χ3v) is 4.52. The van der Waals surface area contributed by atoms with Crippen molar-refractivity contribution in [1.82, 2.24) is 9.55 Å². The lowest BCUT2D eigenvalue weighted by Gasteiger charge is -2.22. The first-order valence-corrected chi connectivity index (χ1v) is 7.37. The number of thioether (sulfide) groups is 1. The molecule has 0 aliphatic carbocycles. The second kappa shape index (κ2) is 4.77. The zero-order chi connectivity index (χ0) is 13.4. The Hall–Kier alpha value is -1.69. The van der Waals surface area contributed by atoms with Crippen LogP contribution in [0.2, 0.25) is 0 Å². The van der Waals surface area contributed by atoms with Gasteiger partial charge in [-0.1, -0.05) is 0 Å². The lowest BCUT2D eigenvalue weighted by Crippen LogP contribution is -2.39. The highest BCUT2D eigenvalue weighted by atomic mass is 32.2. The number of phenolic OH excluding ortho intramolecular Hbond substituents is 1.